The van der Waals surface area contributed by atoms with Crippen molar-refractivity contribution in [2.24, 2.45) is 0 Å². The van der Waals surface area contributed by atoms with Crippen LogP contribution in [0.1, 0.15) is 17.5 Å². The Labute approximate surface area is 185 Å². The average Bonchev–Trinajstić information content (AvgIpc) is 2.82. The van der Waals surface area contributed by atoms with Crippen molar-refractivity contribution < 1.29 is 10.2 Å². The van der Waals surface area contributed by atoms with E-state index in [-0.39, 0.29) is 11.5 Å². The van der Waals surface area contributed by atoms with E-state index in [1.54, 1.807) is 48.6 Å². The molecule has 0 aliphatic heterocycles. The number of aliphatic hydroxyl groups is 1. The number of para-hydroxylation sites is 2. The Morgan fingerprint density at radius 3 is 2.50 bits per heavy atom. The fourth-order valence-corrected chi connectivity index (χ4v) is 3.79. The van der Waals surface area contributed by atoms with Crippen molar-refractivity contribution in [3.63, 3.8) is 0 Å². The molecule has 5 heteroatoms. The van der Waals surface area contributed by atoms with Crippen molar-refractivity contribution >= 4 is 33.2 Å². The SMILES string of the molecule is [N][C]c1ccc2cc3ccc(C([N]c4ccccc4O)=C4CC=CC=C4O)cc3nc2c1. The minimum atomic E-state index is 0.0642. The van der Waals surface area contributed by atoms with Crippen molar-refractivity contribution in [2.75, 3.05) is 0 Å². The summed E-state index contributed by atoms with van der Waals surface area (Å²) in [7, 11) is 0. The Morgan fingerprint density at radius 1 is 0.938 bits per heavy atom. The molecule has 1 aromatic heterocycles. The summed E-state index contributed by atoms with van der Waals surface area (Å²) in [6.45, 7) is 2.15. The number of fused-ring (bicyclic) bond motifs is 2. The lowest BCUT2D eigenvalue weighted by molar-refractivity contribution is 0.420. The summed E-state index contributed by atoms with van der Waals surface area (Å²) in [5.41, 5.74) is 13.7. The van der Waals surface area contributed by atoms with Crippen LogP contribution in [0.4, 0.5) is 5.69 Å². The number of hydrogen-bond acceptors (Lipinski definition) is 3. The number of phenols is 1. The molecule has 153 valence electrons. The van der Waals surface area contributed by atoms with Gasteiger partial charge in [-0.15, -0.1) is 5.73 Å². The lowest BCUT2D eigenvalue weighted by Gasteiger charge is -2.17. The van der Waals surface area contributed by atoms with E-state index in [0.29, 0.717) is 28.9 Å². The highest BCUT2D eigenvalue weighted by Gasteiger charge is 2.18. The van der Waals surface area contributed by atoms with E-state index >= 15 is 0 Å². The molecule has 0 bridgehead atoms. The van der Waals surface area contributed by atoms with Gasteiger partial charge in [0.25, 0.3) is 0 Å². The van der Waals surface area contributed by atoms with Gasteiger partial charge in [-0.2, -0.15) is 0 Å². The maximum absolute atomic E-state index is 10.5. The molecular weight excluding hydrogens is 398 g/mol. The summed E-state index contributed by atoms with van der Waals surface area (Å²) in [5, 5.41) is 27.4. The Bertz CT molecular complexity index is 1430. The molecule has 32 heavy (non-hydrogen) atoms. The second-order valence-electron chi connectivity index (χ2n) is 7.53. The molecule has 0 fully saturated rings. The number of benzene rings is 3. The highest BCUT2D eigenvalue weighted by Crippen LogP contribution is 2.34. The summed E-state index contributed by atoms with van der Waals surface area (Å²) >= 11 is 0. The van der Waals surface area contributed by atoms with E-state index in [0.717, 1.165) is 27.4 Å². The summed E-state index contributed by atoms with van der Waals surface area (Å²) in [4.78, 5) is 4.76. The van der Waals surface area contributed by atoms with Crippen LogP contribution in [0.25, 0.3) is 27.5 Å². The van der Waals surface area contributed by atoms with Gasteiger partial charge in [0.15, 0.2) is 0 Å². The van der Waals surface area contributed by atoms with Crippen molar-refractivity contribution in [3.8, 4) is 5.75 Å². The standard InChI is InChI=1S/C27H18N3O2/c28-16-17-9-10-18-14-19-11-12-20(15-24(19)29-23(18)13-17)27(21-5-1-3-7-25(21)31)30-22-6-2-4-8-26(22)32/h1-4,6-15,31-32H,5H2. The lowest BCUT2D eigenvalue weighted by Crippen LogP contribution is -2.06. The van der Waals surface area contributed by atoms with E-state index in [2.05, 4.69) is 6.54 Å². The number of aliphatic hydroxyl groups excluding tert-OH is 1. The molecule has 2 N–H and O–H groups in total. The maximum Gasteiger partial charge on any atom is 0.141 e. The van der Waals surface area contributed by atoms with E-state index in [9.17, 15) is 15.9 Å². The predicted molar refractivity (Wildman–Crippen MR) is 125 cm³/mol. The van der Waals surface area contributed by atoms with Gasteiger partial charge in [-0.05, 0) is 48.4 Å². The molecule has 3 aromatic carbocycles. The molecule has 0 unspecified atom stereocenters. The lowest BCUT2D eigenvalue weighted by atomic mass is 9.97. The number of rotatable bonds is 4. The van der Waals surface area contributed by atoms with Gasteiger partial charge in [0.1, 0.15) is 23.7 Å². The molecule has 1 aliphatic carbocycles. The van der Waals surface area contributed by atoms with E-state index in [4.69, 9.17) is 10.3 Å². The fraction of sp³-hybridized carbons (Fsp3) is 0.0370. The van der Waals surface area contributed by atoms with Gasteiger partial charge < -0.3 is 10.2 Å². The van der Waals surface area contributed by atoms with Crippen molar-refractivity contribution in [3.05, 3.63) is 114 Å². The Balaban J connectivity index is 1.67. The van der Waals surface area contributed by atoms with Gasteiger partial charge in [0.05, 0.1) is 16.7 Å². The largest absolute Gasteiger partial charge is 0.508 e. The average molecular weight is 416 g/mol. The molecule has 0 amide bonds. The van der Waals surface area contributed by atoms with Crippen LogP contribution >= 0.6 is 0 Å². The van der Waals surface area contributed by atoms with Crippen LogP contribution in [-0.4, -0.2) is 15.2 Å². The molecular formula is C27H18N3O2. The van der Waals surface area contributed by atoms with Gasteiger partial charge in [-0.25, -0.2) is 10.3 Å². The minimum absolute atomic E-state index is 0.0642. The van der Waals surface area contributed by atoms with Gasteiger partial charge >= 0.3 is 0 Å². The molecule has 1 heterocycles. The quantitative estimate of drug-likeness (QED) is 0.425. The minimum Gasteiger partial charge on any atom is -0.508 e. The monoisotopic (exact) mass is 416 g/mol. The molecule has 5 nitrogen and oxygen atoms in total. The normalized spacial score (nSPS) is 15.1. The number of aromatic nitrogens is 1. The first-order valence-corrected chi connectivity index (χ1v) is 10.2. The van der Waals surface area contributed by atoms with Crippen LogP contribution in [0.15, 0.2) is 96.3 Å². The molecule has 5 radical (unpaired) electrons. The van der Waals surface area contributed by atoms with Crippen LogP contribution in [0.3, 0.4) is 0 Å². The maximum atomic E-state index is 10.5. The molecule has 1 aliphatic rings. The van der Waals surface area contributed by atoms with Crippen LogP contribution in [0.5, 0.6) is 5.75 Å². The molecule has 4 aromatic rings. The Kier molecular flexibility index (Phi) is 5.09. The van der Waals surface area contributed by atoms with E-state index in [1.165, 1.54) is 0 Å². The first-order chi connectivity index (χ1) is 15.6. The zero-order valence-electron chi connectivity index (χ0n) is 17.0. The van der Waals surface area contributed by atoms with Gasteiger partial charge in [0.2, 0.25) is 0 Å². The Morgan fingerprint density at radius 2 is 1.72 bits per heavy atom. The summed E-state index contributed by atoms with van der Waals surface area (Å²) in [6, 6.07) is 20.2. The first-order valence-electron chi connectivity index (χ1n) is 10.2. The second kappa shape index (κ2) is 8.21. The molecule has 0 saturated carbocycles. The van der Waals surface area contributed by atoms with Crippen LogP contribution in [-0.2, 0) is 0 Å². The smallest absolute Gasteiger partial charge is 0.141 e. The molecule has 5 rings (SSSR count). The third kappa shape index (κ3) is 3.70. The van der Waals surface area contributed by atoms with Crippen molar-refractivity contribution in [2.45, 2.75) is 6.42 Å². The number of allylic oxidation sites excluding steroid dienone is 4. The summed E-state index contributed by atoms with van der Waals surface area (Å²) in [5.74, 6) is 0.210. The number of phenolic OH excluding ortho intramolecular Hbond substituents is 1. The number of nitrogens with zero attached hydrogens (tertiary/aromatic N) is 3. The van der Waals surface area contributed by atoms with Crippen molar-refractivity contribution in [1.29, 1.82) is 0 Å². The first kappa shape index (κ1) is 19.8. The van der Waals surface area contributed by atoms with Crippen LogP contribution in [0, 0.1) is 6.54 Å². The van der Waals surface area contributed by atoms with E-state index < -0.39 is 0 Å². The molecule has 0 atom stereocenters. The van der Waals surface area contributed by atoms with Crippen LogP contribution in [0.2, 0.25) is 0 Å². The zero-order chi connectivity index (χ0) is 22.1. The molecule has 0 saturated heterocycles. The number of pyridine rings is 1. The highest BCUT2D eigenvalue weighted by atomic mass is 16.3. The van der Waals surface area contributed by atoms with Gasteiger partial charge in [-0.1, -0.05) is 48.6 Å². The second-order valence-corrected chi connectivity index (χ2v) is 7.53. The predicted octanol–water partition coefficient (Wildman–Crippen LogP) is 5.60. The fourth-order valence-electron chi connectivity index (χ4n) is 3.79. The van der Waals surface area contributed by atoms with Crippen molar-refractivity contribution in [1.82, 2.24) is 16.0 Å². The zero-order valence-corrected chi connectivity index (χ0v) is 17.0. The third-order valence-electron chi connectivity index (χ3n) is 5.44. The van der Waals surface area contributed by atoms with Gasteiger partial charge in [-0.3, -0.25) is 0 Å². The summed E-state index contributed by atoms with van der Waals surface area (Å²) < 4.78 is 0. The Hall–Kier alpha value is -4.09. The number of aromatic hydroxyl groups is 1. The van der Waals surface area contributed by atoms with Crippen LogP contribution < -0.4 is 11.1 Å². The van der Waals surface area contributed by atoms with E-state index in [1.807, 2.05) is 36.4 Å². The summed E-state index contributed by atoms with van der Waals surface area (Å²) in [6.07, 6.45) is 5.90. The number of hydrogen-bond donors (Lipinski definition) is 2. The molecule has 0 spiro atoms. The highest BCUT2D eigenvalue weighted by molar-refractivity contribution is 5.94. The van der Waals surface area contributed by atoms with Gasteiger partial charge in [0, 0.05) is 21.9 Å². The third-order valence-corrected chi connectivity index (χ3v) is 5.44. The topological polar surface area (TPSA) is 89.8 Å².